The fourth-order valence-corrected chi connectivity index (χ4v) is 6.05. The molecule has 0 saturated heterocycles. The molecular formula is C19H35NO. The van der Waals surface area contributed by atoms with Gasteiger partial charge in [-0.1, -0.05) is 64.2 Å². The lowest BCUT2D eigenvalue weighted by molar-refractivity contribution is -0.174. The van der Waals surface area contributed by atoms with Crippen LogP contribution in [0.5, 0.6) is 0 Å². The largest absolute Gasteiger partial charge is 0.389 e. The van der Waals surface area contributed by atoms with E-state index in [1.165, 1.54) is 83.5 Å². The summed E-state index contributed by atoms with van der Waals surface area (Å²) in [5.74, 6) is 1.31. The van der Waals surface area contributed by atoms with Crippen molar-refractivity contribution >= 4 is 0 Å². The molecule has 2 heteroatoms. The smallest absolute Gasteiger partial charge is 0.0746 e. The van der Waals surface area contributed by atoms with E-state index in [1.54, 1.807) is 0 Å². The van der Waals surface area contributed by atoms with Crippen LogP contribution in [0.1, 0.15) is 89.9 Å². The van der Waals surface area contributed by atoms with Crippen molar-refractivity contribution in [3.05, 3.63) is 0 Å². The number of hydrogen-bond donors (Lipinski definition) is 2. The first-order valence-electron chi connectivity index (χ1n) is 9.64. The summed E-state index contributed by atoms with van der Waals surface area (Å²) < 4.78 is 0. The molecular weight excluding hydrogens is 258 g/mol. The van der Waals surface area contributed by atoms with Gasteiger partial charge in [0.2, 0.25) is 0 Å². The van der Waals surface area contributed by atoms with Crippen LogP contribution in [0.3, 0.4) is 0 Å². The molecule has 122 valence electrons. The molecule has 3 aliphatic rings. The Morgan fingerprint density at radius 3 is 2.00 bits per heavy atom. The van der Waals surface area contributed by atoms with Gasteiger partial charge in [0, 0.05) is 12.0 Å². The van der Waals surface area contributed by atoms with Gasteiger partial charge >= 0.3 is 0 Å². The lowest BCUT2D eigenvalue weighted by atomic mass is 9.52. The first-order chi connectivity index (χ1) is 10.2. The Bertz CT molecular complexity index is 330. The van der Waals surface area contributed by atoms with Crippen LogP contribution in [0.2, 0.25) is 0 Å². The SMILES string of the molecule is NCC1(C2(O)CCCCC2C2CCCCC2)CCCCC1. The van der Waals surface area contributed by atoms with Crippen LogP contribution in [-0.4, -0.2) is 17.3 Å². The van der Waals surface area contributed by atoms with Crippen LogP contribution in [0.4, 0.5) is 0 Å². The van der Waals surface area contributed by atoms with Crippen molar-refractivity contribution in [1.29, 1.82) is 0 Å². The summed E-state index contributed by atoms with van der Waals surface area (Å²) in [6.07, 6.45) is 17.9. The highest BCUT2D eigenvalue weighted by Crippen LogP contribution is 2.56. The summed E-state index contributed by atoms with van der Waals surface area (Å²) in [4.78, 5) is 0. The monoisotopic (exact) mass is 293 g/mol. The molecule has 3 aliphatic carbocycles. The number of nitrogens with two attached hydrogens (primary N) is 1. The van der Waals surface area contributed by atoms with Crippen LogP contribution >= 0.6 is 0 Å². The Hall–Kier alpha value is -0.0800. The Kier molecular flexibility index (Phi) is 4.95. The predicted octanol–water partition coefficient (Wildman–Crippen LogP) is 4.40. The fraction of sp³-hybridized carbons (Fsp3) is 1.00. The molecule has 3 fully saturated rings. The van der Waals surface area contributed by atoms with E-state index in [9.17, 15) is 5.11 Å². The minimum atomic E-state index is -0.456. The van der Waals surface area contributed by atoms with Gasteiger partial charge in [-0.05, 0) is 37.5 Å². The standard InChI is InChI=1S/C19H35NO/c20-15-18(12-6-2-7-13-18)19(21)14-8-5-11-17(19)16-9-3-1-4-10-16/h16-17,21H,1-15,20H2. The minimum Gasteiger partial charge on any atom is -0.389 e. The fourth-order valence-electron chi connectivity index (χ4n) is 6.05. The van der Waals surface area contributed by atoms with Gasteiger partial charge in [0.1, 0.15) is 0 Å². The number of hydrogen-bond acceptors (Lipinski definition) is 2. The molecule has 2 atom stereocenters. The van der Waals surface area contributed by atoms with Gasteiger partial charge in [-0.15, -0.1) is 0 Å². The summed E-state index contributed by atoms with van der Waals surface area (Å²) in [6.45, 7) is 0.701. The quantitative estimate of drug-likeness (QED) is 0.810. The van der Waals surface area contributed by atoms with Crippen molar-refractivity contribution in [1.82, 2.24) is 0 Å². The summed E-state index contributed by atoms with van der Waals surface area (Å²) in [7, 11) is 0. The maximum absolute atomic E-state index is 11.9. The van der Waals surface area contributed by atoms with Crippen molar-refractivity contribution in [2.75, 3.05) is 6.54 Å². The molecule has 0 aliphatic heterocycles. The van der Waals surface area contributed by atoms with Crippen LogP contribution in [0.15, 0.2) is 0 Å². The van der Waals surface area contributed by atoms with Crippen molar-refractivity contribution in [2.24, 2.45) is 23.0 Å². The van der Waals surface area contributed by atoms with Crippen LogP contribution in [0, 0.1) is 17.3 Å². The van der Waals surface area contributed by atoms with Crippen molar-refractivity contribution in [3.8, 4) is 0 Å². The van der Waals surface area contributed by atoms with Gasteiger partial charge in [0.05, 0.1) is 5.60 Å². The maximum atomic E-state index is 11.9. The molecule has 0 heterocycles. The highest BCUT2D eigenvalue weighted by Gasteiger charge is 2.56. The van der Waals surface area contributed by atoms with E-state index < -0.39 is 5.60 Å². The maximum Gasteiger partial charge on any atom is 0.0746 e. The van der Waals surface area contributed by atoms with Crippen molar-refractivity contribution in [2.45, 2.75) is 95.5 Å². The average Bonchev–Trinajstić information content (AvgIpc) is 2.56. The van der Waals surface area contributed by atoms with E-state index in [0.717, 1.165) is 12.3 Å². The summed E-state index contributed by atoms with van der Waals surface area (Å²) >= 11 is 0. The number of aliphatic hydroxyl groups is 1. The first-order valence-corrected chi connectivity index (χ1v) is 9.64. The van der Waals surface area contributed by atoms with Gasteiger partial charge in [0.25, 0.3) is 0 Å². The molecule has 3 N–H and O–H groups in total. The molecule has 3 saturated carbocycles. The van der Waals surface area contributed by atoms with Gasteiger partial charge in [-0.25, -0.2) is 0 Å². The average molecular weight is 293 g/mol. The normalized spacial score (nSPS) is 38.3. The Labute approximate surface area is 130 Å². The highest BCUT2D eigenvalue weighted by atomic mass is 16.3. The predicted molar refractivity (Wildman–Crippen MR) is 88.1 cm³/mol. The molecule has 0 bridgehead atoms. The number of rotatable bonds is 3. The first kappa shape index (κ1) is 15.8. The highest BCUT2D eigenvalue weighted by molar-refractivity contribution is 5.07. The molecule has 2 unspecified atom stereocenters. The molecule has 21 heavy (non-hydrogen) atoms. The summed E-state index contributed by atoms with van der Waals surface area (Å²) in [5, 5.41) is 11.9. The lowest BCUT2D eigenvalue weighted by Gasteiger charge is -2.57. The Morgan fingerprint density at radius 1 is 0.762 bits per heavy atom. The molecule has 3 rings (SSSR count). The van der Waals surface area contributed by atoms with Gasteiger partial charge < -0.3 is 10.8 Å². The summed E-state index contributed by atoms with van der Waals surface area (Å²) in [5.41, 5.74) is 5.87. The molecule has 0 aromatic rings. The second-order valence-electron chi connectivity index (χ2n) is 8.22. The zero-order valence-electron chi connectivity index (χ0n) is 13.8. The van der Waals surface area contributed by atoms with Gasteiger partial charge in [-0.3, -0.25) is 0 Å². The van der Waals surface area contributed by atoms with Crippen molar-refractivity contribution in [3.63, 3.8) is 0 Å². The lowest BCUT2D eigenvalue weighted by Crippen LogP contribution is -2.60. The minimum absolute atomic E-state index is 0.0355. The molecule has 0 aromatic carbocycles. The van der Waals surface area contributed by atoms with Crippen LogP contribution in [-0.2, 0) is 0 Å². The van der Waals surface area contributed by atoms with E-state index in [4.69, 9.17) is 5.73 Å². The third-order valence-electron chi connectivity index (χ3n) is 7.28. The third-order valence-corrected chi connectivity index (χ3v) is 7.28. The topological polar surface area (TPSA) is 46.2 Å². The Morgan fingerprint density at radius 2 is 1.33 bits per heavy atom. The second kappa shape index (κ2) is 6.58. The second-order valence-corrected chi connectivity index (χ2v) is 8.22. The van der Waals surface area contributed by atoms with E-state index >= 15 is 0 Å². The zero-order chi connectivity index (χ0) is 14.8. The van der Waals surface area contributed by atoms with E-state index in [-0.39, 0.29) is 5.41 Å². The molecule has 0 aromatic heterocycles. The molecule has 0 radical (unpaired) electrons. The van der Waals surface area contributed by atoms with Crippen LogP contribution in [0.25, 0.3) is 0 Å². The summed E-state index contributed by atoms with van der Waals surface area (Å²) in [6, 6.07) is 0. The molecule has 2 nitrogen and oxygen atoms in total. The van der Waals surface area contributed by atoms with Gasteiger partial charge in [0.15, 0.2) is 0 Å². The van der Waals surface area contributed by atoms with Gasteiger partial charge in [-0.2, -0.15) is 0 Å². The third kappa shape index (κ3) is 2.79. The Balaban J connectivity index is 1.86. The van der Waals surface area contributed by atoms with E-state index in [0.29, 0.717) is 12.5 Å². The van der Waals surface area contributed by atoms with Crippen LogP contribution < -0.4 is 5.73 Å². The van der Waals surface area contributed by atoms with E-state index in [1.807, 2.05) is 0 Å². The van der Waals surface area contributed by atoms with E-state index in [2.05, 4.69) is 0 Å². The molecule has 0 amide bonds. The van der Waals surface area contributed by atoms with Crippen molar-refractivity contribution < 1.29 is 5.11 Å². The zero-order valence-corrected chi connectivity index (χ0v) is 13.8. The molecule has 0 spiro atoms.